The van der Waals surface area contributed by atoms with Crippen molar-refractivity contribution in [2.75, 3.05) is 0 Å². The van der Waals surface area contributed by atoms with Crippen LogP contribution in [0.1, 0.15) is 0 Å². The van der Waals surface area contributed by atoms with E-state index in [4.69, 9.17) is 23.2 Å². The maximum absolute atomic E-state index is 12.4. The monoisotopic (exact) mass is 331 g/mol. The van der Waals surface area contributed by atoms with E-state index in [0.29, 0.717) is 10.4 Å². The second-order valence-corrected chi connectivity index (χ2v) is 6.56. The van der Waals surface area contributed by atoms with Crippen LogP contribution >= 0.6 is 34.5 Å². The number of nitrogens with zero attached hydrogens (tertiary/aromatic N) is 1. The average molecular weight is 332 g/mol. The van der Waals surface area contributed by atoms with Crippen LogP contribution in [0.2, 0.25) is 10.0 Å². The molecule has 2 nitrogen and oxygen atoms in total. The molecule has 2 aromatic carbocycles. The Bertz CT molecular complexity index is 1040. The largest absolute Gasteiger partial charge is 0.288 e. The van der Waals surface area contributed by atoms with Crippen LogP contribution in [0.3, 0.4) is 0 Å². The number of aromatic nitrogens is 1. The van der Waals surface area contributed by atoms with Gasteiger partial charge >= 0.3 is 0 Å². The Morgan fingerprint density at radius 1 is 1.00 bits per heavy atom. The second-order valence-electron chi connectivity index (χ2n) is 4.69. The highest BCUT2D eigenvalue weighted by atomic mass is 35.5. The van der Waals surface area contributed by atoms with E-state index >= 15 is 0 Å². The Labute approximate surface area is 133 Å². The highest BCUT2D eigenvalue weighted by molar-refractivity contribution is 7.22. The summed E-state index contributed by atoms with van der Waals surface area (Å²) in [6.45, 7) is 0. The molecule has 0 unspecified atom stereocenters. The topological polar surface area (TPSA) is 30.0 Å². The Morgan fingerprint density at radius 2 is 1.76 bits per heavy atom. The summed E-state index contributed by atoms with van der Waals surface area (Å²) in [5.41, 5.74) is 1.40. The van der Waals surface area contributed by atoms with Crippen molar-refractivity contribution in [2.45, 2.75) is 0 Å². The third-order valence-corrected chi connectivity index (χ3v) is 5.28. The van der Waals surface area contributed by atoms with Crippen LogP contribution in [0.5, 0.6) is 0 Å². The number of hydrogen-bond donors (Lipinski definition) is 0. The zero-order chi connectivity index (χ0) is 14.6. The van der Waals surface area contributed by atoms with Crippen LogP contribution in [0.4, 0.5) is 0 Å². The van der Waals surface area contributed by atoms with Crippen molar-refractivity contribution in [3.63, 3.8) is 0 Å². The van der Waals surface area contributed by atoms with Crippen molar-refractivity contribution in [2.24, 2.45) is 0 Å². The summed E-state index contributed by atoms with van der Waals surface area (Å²) in [6.07, 6.45) is 0. The highest BCUT2D eigenvalue weighted by Gasteiger charge is 2.19. The fourth-order valence-electron chi connectivity index (χ4n) is 2.43. The van der Waals surface area contributed by atoms with Gasteiger partial charge in [0.1, 0.15) is 5.02 Å². The summed E-state index contributed by atoms with van der Waals surface area (Å²) in [5.74, 6) is 0. The molecule has 2 aliphatic rings. The second kappa shape index (κ2) is 4.67. The Balaban J connectivity index is 2.30. The van der Waals surface area contributed by atoms with E-state index in [1.54, 1.807) is 12.1 Å². The fourth-order valence-corrected chi connectivity index (χ4v) is 3.91. The molecule has 0 spiro atoms. The van der Waals surface area contributed by atoms with Gasteiger partial charge in [0, 0.05) is 15.8 Å². The molecule has 1 aliphatic heterocycles. The molecule has 1 heterocycles. The maximum atomic E-state index is 12.4. The summed E-state index contributed by atoms with van der Waals surface area (Å²) in [5, 5.41) is 2.28. The number of fused-ring (bicyclic) bond motifs is 4. The molecule has 0 bridgehead atoms. The Hall–Kier alpha value is -1.68. The van der Waals surface area contributed by atoms with Gasteiger partial charge in [-0.1, -0.05) is 47.5 Å². The van der Waals surface area contributed by atoms with Crippen molar-refractivity contribution in [3.05, 3.63) is 62.7 Å². The third kappa shape index (κ3) is 1.93. The SMILES string of the molecule is O=c1c(Cl)c2sc3ccc(Cl)cc3nc-2c2ccccc12. The van der Waals surface area contributed by atoms with Crippen molar-refractivity contribution in [1.29, 1.82) is 0 Å². The Morgan fingerprint density at radius 3 is 2.57 bits per heavy atom. The van der Waals surface area contributed by atoms with Gasteiger partial charge in [-0.05, 0) is 18.2 Å². The number of rotatable bonds is 0. The molecule has 0 N–H and O–H groups in total. The lowest BCUT2D eigenvalue weighted by atomic mass is 10.1. The lowest BCUT2D eigenvalue weighted by Crippen LogP contribution is -2.05. The van der Waals surface area contributed by atoms with Crippen LogP contribution in [0.25, 0.3) is 31.6 Å². The van der Waals surface area contributed by atoms with Crippen molar-refractivity contribution < 1.29 is 0 Å². The van der Waals surface area contributed by atoms with E-state index < -0.39 is 0 Å². The van der Waals surface area contributed by atoms with Crippen LogP contribution in [0.15, 0.2) is 47.3 Å². The van der Waals surface area contributed by atoms with Crippen molar-refractivity contribution in [1.82, 2.24) is 4.98 Å². The number of hydrogen-bond acceptors (Lipinski definition) is 3. The smallest absolute Gasteiger partial charge is 0.206 e. The summed E-state index contributed by atoms with van der Waals surface area (Å²) in [4.78, 5) is 17.7. The molecule has 0 atom stereocenters. The lowest BCUT2D eigenvalue weighted by molar-refractivity contribution is 1.44. The van der Waals surface area contributed by atoms with Gasteiger partial charge in [-0.3, -0.25) is 4.79 Å². The van der Waals surface area contributed by atoms with Crippen LogP contribution < -0.4 is 5.43 Å². The molecule has 0 saturated carbocycles. The first-order chi connectivity index (χ1) is 10.1. The molecule has 1 aliphatic carbocycles. The molecule has 0 aromatic heterocycles. The molecule has 2 aromatic rings. The van der Waals surface area contributed by atoms with E-state index in [2.05, 4.69) is 4.98 Å². The van der Waals surface area contributed by atoms with Gasteiger partial charge in [-0.2, -0.15) is 0 Å². The van der Waals surface area contributed by atoms with Crippen molar-refractivity contribution in [3.8, 4) is 10.6 Å². The summed E-state index contributed by atoms with van der Waals surface area (Å²) < 4.78 is 0.948. The first kappa shape index (κ1) is 13.0. The predicted octanol–water partition coefficient (Wildman–Crippen LogP) is 5.22. The first-order valence-corrected chi connectivity index (χ1v) is 7.83. The first-order valence-electron chi connectivity index (χ1n) is 6.25. The summed E-state index contributed by atoms with van der Waals surface area (Å²) >= 11 is 13.8. The predicted molar refractivity (Wildman–Crippen MR) is 90.0 cm³/mol. The van der Waals surface area contributed by atoms with E-state index in [1.165, 1.54) is 11.3 Å². The maximum Gasteiger partial charge on any atom is 0.206 e. The highest BCUT2D eigenvalue weighted by Crippen LogP contribution is 2.39. The number of benzene rings is 3. The van der Waals surface area contributed by atoms with Gasteiger partial charge < -0.3 is 0 Å². The normalized spacial score (nSPS) is 11.5. The van der Waals surface area contributed by atoms with Gasteiger partial charge in [0.2, 0.25) is 5.43 Å². The molecular weight excluding hydrogens is 325 g/mol. The fraction of sp³-hybridized carbons (Fsp3) is 0. The molecule has 21 heavy (non-hydrogen) atoms. The van der Waals surface area contributed by atoms with Gasteiger partial charge in [0.05, 0.1) is 20.8 Å². The van der Waals surface area contributed by atoms with Crippen LogP contribution in [-0.2, 0) is 0 Å². The molecule has 0 radical (unpaired) electrons. The molecule has 0 fully saturated rings. The van der Waals surface area contributed by atoms with Crippen LogP contribution in [0, 0.1) is 0 Å². The van der Waals surface area contributed by atoms with Crippen molar-refractivity contribution >= 4 is 55.5 Å². The third-order valence-electron chi connectivity index (χ3n) is 3.41. The number of halogens is 2. The average Bonchev–Trinajstić information content (AvgIpc) is 2.51. The molecule has 0 saturated heterocycles. The lowest BCUT2D eigenvalue weighted by Gasteiger charge is -2.11. The molecule has 4 rings (SSSR count). The zero-order valence-corrected chi connectivity index (χ0v) is 12.9. The van der Waals surface area contributed by atoms with Gasteiger partial charge in [0.15, 0.2) is 0 Å². The molecule has 102 valence electrons. The van der Waals surface area contributed by atoms with Gasteiger partial charge in [-0.15, -0.1) is 11.3 Å². The minimum Gasteiger partial charge on any atom is -0.288 e. The minimum atomic E-state index is -0.147. The molecule has 5 heteroatoms. The summed E-state index contributed by atoms with van der Waals surface area (Å²) in [6, 6.07) is 12.9. The standard InChI is InChI=1S/C16H7Cl2NOS/c17-8-5-6-12-11(7-8)19-14-9-3-1-2-4-10(9)15(20)13(18)16(14)21-12/h1-7H. The van der Waals surface area contributed by atoms with Gasteiger partial charge in [-0.25, -0.2) is 4.98 Å². The summed E-state index contributed by atoms with van der Waals surface area (Å²) in [7, 11) is 0. The molecule has 0 amide bonds. The minimum absolute atomic E-state index is 0.147. The Kier molecular flexibility index (Phi) is 2.89. The quantitative estimate of drug-likeness (QED) is 0.326. The van der Waals surface area contributed by atoms with E-state index in [9.17, 15) is 4.79 Å². The van der Waals surface area contributed by atoms with Crippen LogP contribution in [-0.4, -0.2) is 4.98 Å². The van der Waals surface area contributed by atoms with E-state index in [0.717, 1.165) is 26.2 Å². The molecular formula is C16H7Cl2NOS. The zero-order valence-electron chi connectivity index (χ0n) is 10.6. The van der Waals surface area contributed by atoms with E-state index in [1.807, 2.05) is 30.3 Å². The van der Waals surface area contributed by atoms with E-state index in [-0.39, 0.29) is 10.5 Å². The van der Waals surface area contributed by atoms with Gasteiger partial charge in [0.25, 0.3) is 0 Å².